The Morgan fingerprint density at radius 2 is 2.30 bits per heavy atom. The number of nitrogens with two attached hydrogens (primary N) is 1. The molecule has 0 amide bonds. The van der Waals surface area contributed by atoms with Crippen molar-refractivity contribution < 1.29 is 0 Å². The first-order chi connectivity index (χ1) is 4.52. The minimum atomic E-state index is -0.224. The second-order valence-electron chi connectivity index (χ2n) is 3.04. The SMILES string of the molecule is CC1C=C(Cl)C=CC1(C)N. The van der Waals surface area contributed by atoms with Crippen LogP contribution in [0.5, 0.6) is 0 Å². The summed E-state index contributed by atoms with van der Waals surface area (Å²) in [6.45, 7) is 4.06. The number of rotatable bonds is 0. The first kappa shape index (κ1) is 7.83. The molecule has 0 saturated heterocycles. The standard InChI is InChI=1S/C8H12ClN/c1-6-5-7(9)3-4-8(6,2)10/h3-6H,10H2,1-2H3. The third-order valence-electron chi connectivity index (χ3n) is 1.99. The molecule has 0 saturated carbocycles. The van der Waals surface area contributed by atoms with E-state index in [9.17, 15) is 0 Å². The van der Waals surface area contributed by atoms with Gasteiger partial charge in [0.2, 0.25) is 0 Å². The highest BCUT2D eigenvalue weighted by Crippen LogP contribution is 2.25. The van der Waals surface area contributed by atoms with E-state index in [4.69, 9.17) is 17.3 Å². The van der Waals surface area contributed by atoms with Crippen molar-refractivity contribution >= 4 is 11.6 Å². The van der Waals surface area contributed by atoms with Crippen molar-refractivity contribution in [2.75, 3.05) is 0 Å². The van der Waals surface area contributed by atoms with Crippen LogP contribution in [0.3, 0.4) is 0 Å². The van der Waals surface area contributed by atoms with E-state index in [-0.39, 0.29) is 5.54 Å². The van der Waals surface area contributed by atoms with Gasteiger partial charge in [0.05, 0.1) is 0 Å². The molecule has 0 radical (unpaired) electrons. The zero-order valence-corrected chi connectivity index (χ0v) is 7.02. The summed E-state index contributed by atoms with van der Waals surface area (Å²) in [4.78, 5) is 0. The lowest BCUT2D eigenvalue weighted by molar-refractivity contribution is 0.455. The topological polar surface area (TPSA) is 26.0 Å². The van der Waals surface area contributed by atoms with E-state index in [2.05, 4.69) is 6.92 Å². The molecule has 1 aliphatic rings. The molecule has 2 heteroatoms. The van der Waals surface area contributed by atoms with Crippen molar-refractivity contribution in [2.24, 2.45) is 11.7 Å². The second-order valence-corrected chi connectivity index (χ2v) is 3.48. The highest BCUT2D eigenvalue weighted by molar-refractivity contribution is 6.31. The normalized spacial score (nSPS) is 39.6. The molecule has 2 unspecified atom stereocenters. The molecule has 1 nitrogen and oxygen atoms in total. The highest BCUT2D eigenvalue weighted by atomic mass is 35.5. The van der Waals surface area contributed by atoms with Gasteiger partial charge in [0, 0.05) is 10.6 Å². The smallest absolute Gasteiger partial charge is 0.0375 e. The summed E-state index contributed by atoms with van der Waals surface area (Å²) >= 11 is 5.76. The largest absolute Gasteiger partial charge is 0.322 e. The van der Waals surface area contributed by atoms with Crippen LogP contribution in [0.25, 0.3) is 0 Å². The minimum Gasteiger partial charge on any atom is -0.322 e. The van der Waals surface area contributed by atoms with E-state index in [1.165, 1.54) is 0 Å². The van der Waals surface area contributed by atoms with Crippen LogP contribution in [0.4, 0.5) is 0 Å². The van der Waals surface area contributed by atoms with Crippen LogP contribution in [-0.4, -0.2) is 5.54 Å². The molecule has 0 spiro atoms. The van der Waals surface area contributed by atoms with Crippen molar-refractivity contribution in [2.45, 2.75) is 19.4 Å². The van der Waals surface area contributed by atoms with E-state index < -0.39 is 0 Å². The molecule has 2 atom stereocenters. The number of hydrogen-bond acceptors (Lipinski definition) is 1. The first-order valence-corrected chi connectivity index (χ1v) is 3.75. The van der Waals surface area contributed by atoms with Crippen molar-refractivity contribution in [3.8, 4) is 0 Å². The van der Waals surface area contributed by atoms with E-state index in [0.29, 0.717) is 5.92 Å². The van der Waals surface area contributed by atoms with E-state index in [0.717, 1.165) is 5.03 Å². The summed E-state index contributed by atoms with van der Waals surface area (Å²) in [6.07, 6.45) is 5.77. The molecule has 0 aromatic heterocycles. The van der Waals surface area contributed by atoms with Gasteiger partial charge in [-0.3, -0.25) is 0 Å². The number of hydrogen-bond donors (Lipinski definition) is 1. The van der Waals surface area contributed by atoms with Crippen LogP contribution in [0.1, 0.15) is 13.8 Å². The van der Waals surface area contributed by atoms with Crippen LogP contribution in [0.15, 0.2) is 23.3 Å². The molecule has 0 heterocycles. The molecule has 0 aromatic rings. The van der Waals surface area contributed by atoms with Gasteiger partial charge in [-0.1, -0.05) is 30.7 Å². The average molecular weight is 158 g/mol. The first-order valence-electron chi connectivity index (χ1n) is 3.38. The zero-order valence-electron chi connectivity index (χ0n) is 6.26. The fraction of sp³-hybridized carbons (Fsp3) is 0.500. The van der Waals surface area contributed by atoms with E-state index in [1.54, 1.807) is 0 Å². The Balaban J connectivity index is 2.84. The molecule has 2 N–H and O–H groups in total. The summed E-state index contributed by atoms with van der Waals surface area (Å²) in [5, 5.41) is 0.787. The fourth-order valence-electron chi connectivity index (χ4n) is 0.885. The van der Waals surface area contributed by atoms with Crippen LogP contribution >= 0.6 is 11.6 Å². The minimum absolute atomic E-state index is 0.224. The fourth-order valence-corrected chi connectivity index (χ4v) is 1.14. The summed E-state index contributed by atoms with van der Waals surface area (Å²) < 4.78 is 0. The Morgan fingerprint density at radius 3 is 2.70 bits per heavy atom. The molecule has 10 heavy (non-hydrogen) atoms. The van der Waals surface area contributed by atoms with Gasteiger partial charge in [0.1, 0.15) is 0 Å². The third kappa shape index (κ3) is 1.41. The van der Waals surface area contributed by atoms with Gasteiger partial charge in [-0.25, -0.2) is 0 Å². The van der Waals surface area contributed by atoms with E-state index >= 15 is 0 Å². The monoisotopic (exact) mass is 157 g/mol. The van der Waals surface area contributed by atoms with Gasteiger partial charge in [0.25, 0.3) is 0 Å². The van der Waals surface area contributed by atoms with Gasteiger partial charge < -0.3 is 5.73 Å². The predicted octanol–water partition coefficient (Wildman–Crippen LogP) is 2.03. The summed E-state index contributed by atoms with van der Waals surface area (Å²) in [6, 6.07) is 0. The second kappa shape index (κ2) is 2.40. The molecule has 0 fully saturated rings. The zero-order chi connectivity index (χ0) is 7.78. The Hall–Kier alpha value is -0.270. The molecular formula is C8H12ClN. The van der Waals surface area contributed by atoms with Crippen molar-refractivity contribution in [3.63, 3.8) is 0 Å². The Morgan fingerprint density at radius 1 is 1.70 bits per heavy atom. The van der Waals surface area contributed by atoms with Gasteiger partial charge in [-0.15, -0.1) is 0 Å². The van der Waals surface area contributed by atoms with Crippen molar-refractivity contribution in [3.05, 3.63) is 23.3 Å². The van der Waals surface area contributed by atoms with Crippen LogP contribution < -0.4 is 5.73 Å². The predicted molar refractivity (Wildman–Crippen MR) is 44.8 cm³/mol. The summed E-state index contributed by atoms with van der Waals surface area (Å²) in [5.41, 5.74) is 5.67. The molecule has 56 valence electrons. The maximum atomic E-state index is 5.89. The average Bonchev–Trinajstić information content (AvgIpc) is 1.81. The summed E-state index contributed by atoms with van der Waals surface area (Å²) in [5.74, 6) is 0.324. The Labute approximate surface area is 66.6 Å². The molecule has 1 rings (SSSR count). The molecule has 0 bridgehead atoms. The summed E-state index contributed by atoms with van der Waals surface area (Å²) in [7, 11) is 0. The van der Waals surface area contributed by atoms with Gasteiger partial charge in [0.15, 0.2) is 0 Å². The maximum Gasteiger partial charge on any atom is 0.0375 e. The Bertz CT molecular complexity index is 191. The molecular weight excluding hydrogens is 146 g/mol. The maximum absolute atomic E-state index is 5.89. The van der Waals surface area contributed by atoms with Crippen LogP contribution in [0, 0.1) is 5.92 Å². The van der Waals surface area contributed by atoms with Gasteiger partial charge in [-0.2, -0.15) is 0 Å². The van der Waals surface area contributed by atoms with Gasteiger partial charge >= 0.3 is 0 Å². The van der Waals surface area contributed by atoms with Gasteiger partial charge in [-0.05, 0) is 18.9 Å². The molecule has 0 aliphatic heterocycles. The lowest BCUT2D eigenvalue weighted by Gasteiger charge is -2.28. The third-order valence-corrected chi connectivity index (χ3v) is 2.24. The highest BCUT2D eigenvalue weighted by Gasteiger charge is 2.24. The van der Waals surface area contributed by atoms with Crippen LogP contribution in [-0.2, 0) is 0 Å². The van der Waals surface area contributed by atoms with Crippen LogP contribution in [0.2, 0.25) is 0 Å². The Kier molecular flexibility index (Phi) is 1.88. The molecule has 0 aromatic carbocycles. The number of halogens is 1. The van der Waals surface area contributed by atoms with Crippen molar-refractivity contribution in [1.82, 2.24) is 0 Å². The lowest BCUT2D eigenvalue weighted by Crippen LogP contribution is -2.41. The molecule has 1 aliphatic carbocycles. The lowest BCUT2D eigenvalue weighted by atomic mass is 9.85. The van der Waals surface area contributed by atoms with E-state index in [1.807, 2.05) is 25.2 Å². The number of allylic oxidation sites excluding steroid dienone is 2. The quantitative estimate of drug-likeness (QED) is 0.572. The van der Waals surface area contributed by atoms with Crippen molar-refractivity contribution in [1.29, 1.82) is 0 Å².